The van der Waals surface area contributed by atoms with Gasteiger partial charge in [-0.2, -0.15) is 0 Å². The number of methoxy groups -OCH3 is 2. The molecular formula is C17H18N2O6S. The van der Waals surface area contributed by atoms with Crippen molar-refractivity contribution in [1.82, 2.24) is 4.98 Å². The second-order valence-corrected chi connectivity index (χ2v) is 6.65. The highest BCUT2D eigenvalue weighted by atomic mass is 32.1. The van der Waals surface area contributed by atoms with Crippen LogP contribution in [0.5, 0.6) is 11.5 Å². The van der Waals surface area contributed by atoms with Gasteiger partial charge in [0, 0.05) is 6.61 Å². The Morgan fingerprint density at radius 1 is 1.35 bits per heavy atom. The van der Waals surface area contributed by atoms with E-state index in [1.54, 1.807) is 0 Å². The Hall–Kier alpha value is -2.65. The second-order valence-electron chi connectivity index (χ2n) is 5.58. The molecule has 3 rings (SSSR count). The Morgan fingerprint density at radius 2 is 2.15 bits per heavy atom. The van der Waals surface area contributed by atoms with Crippen molar-refractivity contribution < 1.29 is 28.9 Å². The lowest BCUT2D eigenvalue weighted by Gasteiger charge is -2.14. The summed E-state index contributed by atoms with van der Waals surface area (Å²) < 4.78 is 16.0. The number of carboxylic acid groups (broad SMARTS) is 1. The highest BCUT2D eigenvalue weighted by molar-refractivity contribution is 7.13. The molecule has 0 aliphatic carbocycles. The number of aromatic carboxylic acids is 1. The first-order valence-corrected chi connectivity index (χ1v) is 8.73. The summed E-state index contributed by atoms with van der Waals surface area (Å²) in [5.41, 5.74) is 0.184. The zero-order valence-electron chi connectivity index (χ0n) is 14.3. The monoisotopic (exact) mass is 378 g/mol. The minimum atomic E-state index is -1.14. The topological polar surface area (TPSA) is 107 Å². The van der Waals surface area contributed by atoms with Crippen LogP contribution in [0, 0.1) is 0 Å². The fourth-order valence-corrected chi connectivity index (χ4v) is 3.58. The molecule has 0 radical (unpaired) electrons. The number of aromatic nitrogens is 1. The van der Waals surface area contributed by atoms with Crippen LogP contribution in [-0.2, 0) is 4.74 Å². The zero-order valence-corrected chi connectivity index (χ0v) is 15.1. The normalized spacial score (nSPS) is 16.3. The van der Waals surface area contributed by atoms with E-state index in [4.69, 9.17) is 14.2 Å². The maximum absolute atomic E-state index is 12.6. The highest BCUT2D eigenvalue weighted by Crippen LogP contribution is 2.37. The molecule has 2 aromatic rings. The average molecular weight is 378 g/mol. The third kappa shape index (κ3) is 3.63. The molecule has 26 heavy (non-hydrogen) atoms. The smallest absolute Gasteiger partial charge is 0.335 e. The van der Waals surface area contributed by atoms with E-state index < -0.39 is 11.9 Å². The Labute approximate surface area is 153 Å². The fraction of sp³-hybridized carbons (Fsp3) is 0.353. The molecule has 1 amide bonds. The van der Waals surface area contributed by atoms with Crippen LogP contribution in [0.15, 0.2) is 18.3 Å². The summed E-state index contributed by atoms with van der Waals surface area (Å²) in [5, 5.41) is 12.7. The van der Waals surface area contributed by atoms with E-state index in [1.165, 1.54) is 43.9 Å². The van der Waals surface area contributed by atoms with E-state index in [0.29, 0.717) is 11.5 Å². The number of nitrogens with one attached hydrogen (secondary N) is 1. The largest absolute Gasteiger partial charge is 0.493 e. The van der Waals surface area contributed by atoms with Crippen molar-refractivity contribution in [3.05, 3.63) is 33.8 Å². The minimum absolute atomic E-state index is 0.0256. The SMILES string of the molecule is COc1cc(C(=O)O)cc(NC(=O)c2cnc(C3CCCO3)s2)c1OC. The molecule has 1 aliphatic heterocycles. The molecule has 0 saturated carbocycles. The maximum atomic E-state index is 12.6. The number of carboxylic acids is 1. The van der Waals surface area contributed by atoms with Crippen LogP contribution in [0.4, 0.5) is 5.69 Å². The summed E-state index contributed by atoms with van der Waals surface area (Å²) in [7, 11) is 2.81. The number of carbonyl (C=O) groups is 2. The van der Waals surface area contributed by atoms with Gasteiger partial charge in [-0.3, -0.25) is 4.79 Å². The van der Waals surface area contributed by atoms with Crippen LogP contribution in [0.3, 0.4) is 0 Å². The van der Waals surface area contributed by atoms with E-state index in [2.05, 4.69) is 10.3 Å². The predicted molar refractivity (Wildman–Crippen MR) is 94.5 cm³/mol. The van der Waals surface area contributed by atoms with Crippen molar-refractivity contribution in [3.8, 4) is 11.5 Å². The molecule has 1 aromatic carbocycles. The van der Waals surface area contributed by atoms with Crippen molar-refractivity contribution in [1.29, 1.82) is 0 Å². The molecule has 8 nitrogen and oxygen atoms in total. The van der Waals surface area contributed by atoms with Crippen LogP contribution in [0.2, 0.25) is 0 Å². The minimum Gasteiger partial charge on any atom is -0.493 e. The van der Waals surface area contributed by atoms with E-state index in [9.17, 15) is 14.7 Å². The van der Waals surface area contributed by atoms with E-state index in [1.807, 2.05) is 0 Å². The number of amides is 1. The number of ether oxygens (including phenoxy) is 3. The van der Waals surface area contributed by atoms with Gasteiger partial charge < -0.3 is 24.6 Å². The second kappa shape index (κ2) is 7.71. The van der Waals surface area contributed by atoms with Crippen LogP contribution < -0.4 is 14.8 Å². The van der Waals surface area contributed by atoms with E-state index in [-0.39, 0.29) is 28.9 Å². The molecule has 1 saturated heterocycles. The number of hydrogen-bond acceptors (Lipinski definition) is 7. The van der Waals surface area contributed by atoms with Gasteiger partial charge in [0.25, 0.3) is 5.91 Å². The quantitative estimate of drug-likeness (QED) is 0.796. The molecule has 1 unspecified atom stereocenters. The Kier molecular flexibility index (Phi) is 5.38. The summed E-state index contributed by atoms with van der Waals surface area (Å²) in [6.45, 7) is 0.699. The molecule has 2 heterocycles. The lowest BCUT2D eigenvalue weighted by molar-refractivity contribution is 0.0696. The molecule has 1 fully saturated rings. The summed E-state index contributed by atoms with van der Waals surface area (Å²) in [6.07, 6.45) is 3.29. The average Bonchev–Trinajstić information content (AvgIpc) is 3.31. The Morgan fingerprint density at radius 3 is 2.77 bits per heavy atom. The maximum Gasteiger partial charge on any atom is 0.335 e. The lowest BCUT2D eigenvalue weighted by atomic mass is 10.1. The first kappa shape index (κ1) is 18.2. The highest BCUT2D eigenvalue weighted by Gasteiger charge is 2.23. The van der Waals surface area contributed by atoms with E-state index in [0.717, 1.165) is 17.8 Å². The number of rotatable bonds is 6. The fourth-order valence-electron chi connectivity index (χ4n) is 2.68. The Bertz CT molecular complexity index is 829. The van der Waals surface area contributed by atoms with Crippen LogP contribution in [-0.4, -0.2) is 42.8 Å². The van der Waals surface area contributed by atoms with E-state index >= 15 is 0 Å². The van der Waals surface area contributed by atoms with Crippen molar-refractivity contribution in [2.45, 2.75) is 18.9 Å². The van der Waals surface area contributed by atoms with Crippen molar-refractivity contribution in [2.24, 2.45) is 0 Å². The number of carbonyl (C=O) groups excluding carboxylic acids is 1. The standard InChI is InChI=1S/C17H18N2O6S/c1-23-12-7-9(17(21)22)6-10(14(12)24-2)19-15(20)13-8-18-16(26-13)11-4-3-5-25-11/h6-8,11H,3-5H2,1-2H3,(H,19,20)(H,21,22). The molecule has 2 N–H and O–H groups in total. The van der Waals surface area contributed by atoms with Gasteiger partial charge in [-0.25, -0.2) is 9.78 Å². The van der Waals surface area contributed by atoms with Gasteiger partial charge in [0.2, 0.25) is 0 Å². The van der Waals surface area contributed by atoms with Gasteiger partial charge in [-0.15, -0.1) is 11.3 Å². The van der Waals surface area contributed by atoms with Gasteiger partial charge >= 0.3 is 5.97 Å². The number of thiazole rings is 1. The summed E-state index contributed by atoms with van der Waals surface area (Å²) in [4.78, 5) is 28.5. The Balaban J connectivity index is 1.86. The van der Waals surface area contributed by atoms with Crippen LogP contribution in [0.25, 0.3) is 0 Å². The molecule has 138 valence electrons. The van der Waals surface area contributed by atoms with Gasteiger partial charge in [-0.1, -0.05) is 0 Å². The summed E-state index contributed by atoms with van der Waals surface area (Å²) >= 11 is 1.25. The van der Waals surface area contributed by atoms with Gasteiger partial charge in [0.1, 0.15) is 16.0 Å². The van der Waals surface area contributed by atoms with Crippen molar-refractivity contribution >= 4 is 28.9 Å². The number of nitrogens with zero attached hydrogens (tertiary/aromatic N) is 1. The molecule has 1 atom stereocenters. The number of hydrogen-bond donors (Lipinski definition) is 2. The van der Waals surface area contributed by atoms with Crippen LogP contribution >= 0.6 is 11.3 Å². The van der Waals surface area contributed by atoms with Crippen molar-refractivity contribution in [2.75, 3.05) is 26.1 Å². The number of anilines is 1. The summed E-state index contributed by atoms with van der Waals surface area (Å²) in [5.74, 6) is -1.09. The molecule has 0 bridgehead atoms. The summed E-state index contributed by atoms with van der Waals surface area (Å²) in [6, 6.07) is 2.66. The predicted octanol–water partition coefficient (Wildman–Crippen LogP) is 2.96. The van der Waals surface area contributed by atoms with Gasteiger partial charge in [-0.05, 0) is 25.0 Å². The molecule has 9 heteroatoms. The van der Waals surface area contributed by atoms with Crippen LogP contribution in [0.1, 0.15) is 44.0 Å². The van der Waals surface area contributed by atoms with Crippen molar-refractivity contribution in [3.63, 3.8) is 0 Å². The lowest BCUT2D eigenvalue weighted by Crippen LogP contribution is -2.12. The van der Waals surface area contributed by atoms with Gasteiger partial charge in [0.15, 0.2) is 11.5 Å². The molecule has 0 spiro atoms. The number of benzene rings is 1. The van der Waals surface area contributed by atoms with Gasteiger partial charge in [0.05, 0.1) is 31.7 Å². The first-order chi connectivity index (χ1) is 12.5. The molecule has 1 aromatic heterocycles. The third-order valence-corrected chi connectivity index (χ3v) is 5.01. The first-order valence-electron chi connectivity index (χ1n) is 7.91. The zero-order chi connectivity index (χ0) is 18.7. The molecule has 1 aliphatic rings. The molecular weight excluding hydrogens is 360 g/mol. The third-order valence-electron chi connectivity index (χ3n) is 3.93.